The molecule has 0 aliphatic rings. The third kappa shape index (κ3) is 3.58. The van der Waals surface area contributed by atoms with Crippen molar-refractivity contribution in [2.24, 2.45) is 0 Å². The molecule has 0 radical (unpaired) electrons. The van der Waals surface area contributed by atoms with E-state index in [4.69, 9.17) is 0 Å². The van der Waals surface area contributed by atoms with Gasteiger partial charge in [0, 0.05) is 12.2 Å². The van der Waals surface area contributed by atoms with E-state index in [0.29, 0.717) is 0 Å². The summed E-state index contributed by atoms with van der Waals surface area (Å²) in [6.07, 6.45) is 3.24. The summed E-state index contributed by atoms with van der Waals surface area (Å²) in [4.78, 5) is 0. The molecule has 0 fully saturated rings. The lowest BCUT2D eigenvalue weighted by Crippen LogP contribution is -2.03. The van der Waals surface area contributed by atoms with E-state index >= 15 is 0 Å². The van der Waals surface area contributed by atoms with Crippen molar-refractivity contribution in [2.45, 2.75) is 13.3 Å². The Kier molecular flexibility index (Phi) is 4.80. The highest BCUT2D eigenvalue weighted by Gasteiger charge is 1.98. The van der Waals surface area contributed by atoms with E-state index < -0.39 is 0 Å². The van der Waals surface area contributed by atoms with E-state index in [2.05, 4.69) is 11.6 Å². The number of thioether (sulfide) groups is 1. The van der Waals surface area contributed by atoms with E-state index in [1.165, 1.54) is 6.07 Å². The summed E-state index contributed by atoms with van der Waals surface area (Å²) in [7, 11) is 0. The first-order chi connectivity index (χ1) is 6.74. The molecule has 1 nitrogen and oxygen atoms in total. The number of hydrogen-bond acceptors (Lipinski definition) is 2. The van der Waals surface area contributed by atoms with Gasteiger partial charge in [0.05, 0.1) is 0 Å². The highest BCUT2D eigenvalue weighted by atomic mass is 32.2. The van der Waals surface area contributed by atoms with Gasteiger partial charge in [0.15, 0.2) is 0 Å². The van der Waals surface area contributed by atoms with Crippen LogP contribution in [0, 0.1) is 12.7 Å². The van der Waals surface area contributed by atoms with Gasteiger partial charge >= 0.3 is 0 Å². The van der Waals surface area contributed by atoms with Crippen molar-refractivity contribution in [3.05, 3.63) is 29.6 Å². The molecular weight excluding hydrogens is 197 g/mol. The summed E-state index contributed by atoms with van der Waals surface area (Å²) in [6, 6.07) is 4.84. The van der Waals surface area contributed by atoms with Crippen molar-refractivity contribution < 1.29 is 4.39 Å². The first-order valence-electron chi connectivity index (χ1n) is 4.73. The summed E-state index contributed by atoms with van der Waals surface area (Å²) in [5, 5.41) is 3.29. The summed E-state index contributed by atoms with van der Waals surface area (Å²) >= 11 is 1.84. The molecule has 78 valence electrons. The molecule has 0 atom stereocenters. The van der Waals surface area contributed by atoms with Gasteiger partial charge in [-0.15, -0.1) is 0 Å². The van der Waals surface area contributed by atoms with Crippen molar-refractivity contribution in [2.75, 3.05) is 23.9 Å². The molecule has 0 aromatic heterocycles. The maximum absolute atomic E-state index is 12.8. The zero-order valence-electron chi connectivity index (χ0n) is 8.64. The molecule has 1 aromatic carbocycles. The van der Waals surface area contributed by atoms with E-state index in [9.17, 15) is 4.39 Å². The van der Waals surface area contributed by atoms with Gasteiger partial charge in [-0.2, -0.15) is 11.8 Å². The molecule has 0 saturated carbocycles. The molecule has 1 aromatic rings. The SMILES string of the molecule is CSCCCNc1ccc(F)cc1C. The first-order valence-corrected chi connectivity index (χ1v) is 6.12. The van der Waals surface area contributed by atoms with Crippen molar-refractivity contribution in [1.29, 1.82) is 0 Å². The maximum atomic E-state index is 12.8. The van der Waals surface area contributed by atoms with Crippen LogP contribution in [-0.2, 0) is 0 Å². The molecule has 0 saturated heterocycles. The van der Waals surface area contributed by atoms with Gasteiger partial charge in [-0.3, -0.25) is 0 Å². The Labute approximate surface area is 89.1 Å². The van der Waals surface area contributed by atoms with Crippen molar-refractivity contribution >= 4 is 17.4 Å². The highest BCUT2D eigenvalue weighted by molar-refractivity contribution is 7.98. The van der Waals surface area contributed by atoms with Crippen LogP contribution in [0.3, 0.4) is 0 Å². The molecule has 1 N–H and O–H groups in total. The average molecular weight is 213 g/mol. The standard InChI is InChI=1S/C11H16FNS/c1-9-8-10(12)4-5-11(9)13-6-3-7-14-2/h4-5,8,13H,3,6-7H2,1-2H3. The Hall–Kier alpha value is -0.700. The van der Waals surface area contributed by atoms with Crippen LogP contribution < -0.4 is 5.32 Å². The van der Waals surface area contributed by atoms with E-state index in [-0.39, 0.29) is 5.82 Å². The fraction of sp³-hybridized carbons (Fsp3) is 0.455. The smallest absolute Gasteiger partial charge is 0.123 e. The summed E-state index contributed by atoms with van der Waals surface area (Å²) in [5.41, 5.74) is 2.00. The van der Waals surface area contributed by atoms with Crippen molar-refractivity contribution in [3.8, 4) is 0 Å². The van der Waals surface area contributed by atoms with Crippen LogP contribution in [0.5, 0.6) is 0 Å². The summed E-state index contributed by atoms with van der Waals surface area (Å²) in [6.45, 7) is 2.87. The molecule has 1 rings (SSSR count). The molecule has 0 aliphatic heterocycles. The van der Waals surface area contributed by atoms with Crippen LogP contribution in [-0.4, -0.2) is 18.6 Å². The minimum absolute atomic E-state index is 0.169. The second-order valence-electron chi connectivity index (χ2n) is 3.23. The number of anilines is 1. The zero-order valence-corrected chi connectivity index (χ0v) is 9.46. The number of hydrogen-bond donors (Lipinski definition) is 1. The third-order valence-electron chi connectivity index (χ3n) is 2.03. The zero-order chi connectivity index (χ0) is 10.4. The minimum atomic E-state index is -0.169. The lowest BCUT2D eigenvalue weighted by atomic mass is 10.2. The predicted molar refractivity (Wildman–Crippen MR) is 62.6 cm³/mol. The molecule has 0 aliphatic carbocycles. The van der Waals surface area contributed by atoms with Crippen LogP contribution in [0.25, 0.3) is 0 Å². The van der Waals surface area contributed by atoms with E-state index in [0.717, 1.165) is 30.0 Å². The molecule has 14 heavy (non-hydrogen) atoms. The summed E-state index contributed by atoms with van der Waals surface area (Å²) < 4.78 is 12.8. The lowest BCUT2D eigenvalue weighted by Gasteiger charge is -2.08. The first kappa shape index (κ1) is 11.4. The average Bonchev–Trinajstić information content (AvgIpc) is 2.15. The third-order valence-corrected chi connectivity index (χ3v) is 2.73. The Morgan fingerprint density at radius 2 is 2.21 bits per heavy atom. The lowest BCUT2D eigenvalue weighted by molar-refractivity contribution is 0.627. The Morgan fingerprint density at radius 3 is 2.86 bits per heavy atom. The number of nitrogens with one attached hydrogen (secondary N) is 1. The van der Waals surface area contributed by atoms with Gasteiger partial charge in [-0.25, -0.2) is 4.39 Å². The van der Waals surface area contributed by atoms with Gasteiger partial charge in [0.25, 0.3) is 0 Å². The van der Waals surface area contributed by atoms with Gasteiger partial charge < -0.3 is 5.32 Å². The number of benzene rings is 1. The van der Waals surface area contributed by atoms with E-state index in [1.54, 1.807) is 12.1 Å². The molecular formula is C11H16FNS. The monoisotopic (exact) mass is 213 g/mol. The number of aryl methyl sites for hydroxylation is 1. The minimum Gasteiger partial charge on any atom is -0.385 e. The molecule has 0 spiro atoms. The van der Waals surface area contributed by atoms with Gasteiger partial charge in [-0.05, 0) is 49.1 Å². The number of halogens is 1. The fourth-order valence-electron chi connectivity index (χ4n) is 1.26. The molecule has 0 amide bonds. The predicted octanol–water partition coefficient (Wildman–Crippen LogP) is 3.30. The topological polar surface area (TPSA) is 12.0 Å². The van der Waals surface area contributed by atoms with Crippen LogP contribution in [0.15, 0.2) is 18.2 Å². The Morgan fingerprint density at radius 1 is 1.43 bits per heavy atom. The second-order valence-corrected chi connectivity index (χ2v) is 4.22. The van der Waals surface area contributed by atoms with Crippen LogP contribution in [0.4, 0.5) is 10.1 Å². The Balaban J connectivity index is 2.42. The van der Waals surface area contributed by atoms with Gasteiger partial charge in [-0.1, -0.05) is 0 Å². The fourth-order valence-corrected chi connectivity index (χ4v) is 1.70. The van der Waals surface area contributed by atoms with E-state index in [1.807, 2.05) is 18.7 Å². The Bertz CT molecular complexity index is 289. The van der Waals surface area contributed by atoms with Crippen LogP contribution in [0.2, 0.25) is 0 Å². The molecule has 0 bridgehead atoms. The van der Waals surface area contributed by atoms with Crippen molar-refractivity contribution in [3.63, 3.8) is 0 Å². The second kappa shape index (κ2) is 5.91. The molecule has 0 heterocycles. The van der Waals surface area contributed by atoms with Gasteiger partial charge in [0.2, 0.25) is 0 Å². The van der Waals surface area contributed by atoms with Crippen LogP contribution in [0.1, 0.15) is 12.0 Å². The normalized spacial score (nSPS) is 10.2. The molecule has 3 heteroatoms. The molecule has 0 unspecified atom stereocenters. The highest BCUT2D eigenvalue weighted by Crippen LogP contribution is 2.15. The number of rotatable bonds is 5. The quantitative estimate of drug-likeness (QED) is 0.753. The summed E-state index contributed by atoms with van der Waals surface area (Å²) in [5.74, 6) is 0.991. The largest absolute Gasteiger partial charge is 0.385 e. The van der Waals surface area contributed by atoms with Crippen molar-refractivity contribution in [1.82, 2.24) is 0 Å². The maximum Gasteiger partial charge on any atom is 0.123 e. The van der Waals surface area contributed by atoms with Gasteiger partial charge in [0.1, 0.15) is 5.82 Å². The van der Waals surface area contributed by atoms with Crippen LogP contribution >= 0.6 is 11.8 Å².